The monoisotopic (exact) mass is 205 g/mol. The van der Waals surface area contributed by atoms with Gasteiger partial charge in [-0.25, -0.2) is 0 Å². The number of nitrogens with two attached hydrogens (primary N) is 1. The lowest BCUT2D eigenvalue weighted by Gasteiger charge is -2.20. The summed E-state index contributed by atoms with van der Waals surface area (Å²) in [6, 6.07) is 0. The maximum atomic E-state index is 5.51. The third-order valence-electron chi connectivity index (χ3n) is 3.07. The van der Waals surface area contributed by atoms with E-state index in [4.69, 9.17) is 5.73 Å². The van der Waals surface area contributed by atoms with Crippen molar-refractivity contribution in [1.29, 1.82) is 0 Å². The zero-order valence-corrected chi connectivity index (χ0v) is 9.89. The average molecular weight is 205 g/mol. The van der Waals surface area contributed by atoms with Crippen LogP contribution in [0.1, 0.15) is 51.9 Å². The van der Waals surface area contributed by atoms with E-state index in [1.165, 1.54) is 55.2 Å². The standard InChI is InChI=1S/C14H23N/c1-3-4-8-13(10-11-15)14-9-6-5-7-12(14)2/h10-11H,2-9,15H2,1H3/b11-10-,14-13-. The molecule has 2 N–H and O–H groups in total. The molecular formula is C14H23N. The third kappa shape index (κ3) is 3.58. The van der Waals surface area contributed by atoms with Crippen molar-refractivity contribution >= 4 is 0 Å². The van der Waals surface area contributed by atoms with Crippen molar-refractivity contribution in [3.8, 4) is 0 Å². The second-order valence-electron chi connectivity index (χ2n) is 4.28. The molecule has 0 aromatic carbocycles. The molecule has 0 radical (unpaired) electrons. The molecular weight excluding hydrogens is 182 g/mol. The summed E-state index contributed by atoms with van der Waals surface area (Å²) in [5.41, 5.74) is 9.75. The Bertz CT molecular complexity index is 271. The minimum atomic E-state index is 1.15. The van der Waals surface area contributed by atoms with Gasteiger partial charge in [0.05, 0.1) is 0 Å². The Labute approximate surface area is 93.7 Å². The summed E-state index contributed by atoms with van der Waals surface area (Å²) in [5.74, 6) is 0. The van der Waals surface area contributed by atoms with Gasteiger partial charge in [-0.1, -0.05) is 25.5 Å². The predicted molar refractivity (Wildman–Crippen MR) is 67.5 cm³/mol. The van der Waals surface area contributed by atoms with E-state index >= 15 is 0 Å². The third-order valence-corrected chi connectivity index (χ3v) is 3.07. The van der Waals surface area contributed by atoms with Crippen LogP contribution in [0.5, 0.6) is 0 Å². The zero-order chi connectivity index (χ0) is 11.1. The fourth-order valence-corrected chi connectivity index (χ4v) is 2.17. The quantitative estimate of drug-likeness (QED) is 0.735. The molecule has 1 rings (SSSR count). The van der Waals surface area contributed by atoms with E-state index in [1.807, 2.05) is 0 Å². The van der Waals surface area contributed by atoms with Crippen molar-refractivity contribution < 1.29 is 0 Å². The summed E-state index contributed by atoms with van der Waals surface area (Å²) in [4.78, 5) is 0. The molecule has 0 aliphatic heterocycles. The molecule has 1 aliphatic carbocycles. The molecule has 1 fully saturated rings. The molecule has 1 saturated carbocycles. The van der Waals surface area contributed by atoms with Gasteiger partial charge in [0.15, 0.2) is 0 Å². The van der Waals surface area contributed by atoms with E-state index in [2.05, 4.69) is 19.6 Å². The zero-order valence-electron chi connectivity index (χ0n) is 9.89. The molecule has 84 valence electrons. The van der Waals surface area contributed by atoms with Crippen LogP contribution in [0.4, 0.5) is 0 Å². The van der Waals surface area contributed by atoms with Gasteiger partial charge in [0, 0.05) is 0 Å². The minimum Gasteiger partial charge on any atom is -0.405 e. The van der Waals surface area contributed by atoms with Crippen LogP contribution in [0.3, 0.4) is 0 Å². The summed E-state index contributed by atoms with van der Waals surface area (Å²) in [5, 5.41) is 0. The van der Waals surface area contributed by atoms with Gasteiger partial charge in [0.2, 0.25) is 0 Å². The van der Waals surface area contributed by atoms with Crippen LogP contribution >= 0.6 is 0 Å². The molecule has 0 heterocycles. The summed E-state index contributed by atoms with van der Waals surface area (Å²) in [6.07, 6.45) is 12.3. The number of rotatable bonds is 4. The van der Waals surface area contributed by atoms with Gasteiger partial charge in [0.25, 0.3) is 0 Å². The van der Waals surface area contributed by atoms with E-state index < -0.39 is 0 Å². The fraction of sp³-hybridized carbons (Fsp3) is 0.571. The SMILES string of the molecule is C=C1CCCC/C1=C(/C=C\N)CCCC. The first kappa shape index (κ1) is 12.1. The van der Waals surface area contributed by atoms with Crippen molar-refractivity contribution in [2.24, 2.45) is 5.73 Å². The fourth-order valence-electron chi connectivity index (χ4n) is 2.17. The molecule has 1 nitrogen and oxygen atoms in total. The number of allylic oxidation sites excluding steroid dienone is 4. The van der Waals surface area contributed by atoms with Gasteiger partial charge < -0.3 is 5.73 Å². The van der Waals surface area contributed by atoms with Crippen molar-refractivity contribution in [2.75, 3.05) is 0 Å². The summed E-state index contributed by atoms with van der Waals surface area (Å²) < 4.78 is 0. The highest BCUT2D eigenvalue weighted by Crippen LogP contribution is 2.31. The van der Waals surface area contributed by atoms with Gasteiger partial charge in [-0.15, -0.1) is 0 Å². The second-order valence-corrected chi connectivity index (χ2v) is 4.28. The van der Waals surface area contributed by atoms with Crippen LogP contribution in [-0.2, 0) is 0 Å². The highest BCUT2D eigenvalue weighted by atomic mass is 14.5. The molecule has 1 heteroatoms. The first-order chi connectivity index (χ1) is 7.29. The lowest BCUT2D eigenvalue weighted by molar-refractivity contribution is 0.669. The van der Waals surface area contributed by atoms with Gasteiger partial charge in [0.1, 0.15) is 0 Å². The normalized spacial score (nSPS) is 21.0. The van der Waals surface area contributed by atoms with Crippen LogP contribution in [0.25, 0.3) is 0 Å². The highest BCUT2D eigenvalue weighted by molar-refractivity contribution is 5.39. The summed E-state index contributed by atoms with van der Waals surface area (Å²) in [6.45, 7) is 6.40. The summed E-state index contributed by atoms with van der Waals surface area (Å²) in [7, 11) is 0. The number of hydrogen-bond acceptors (Lipinski definition) is 1. The van der Waals surface area contributed by atoms with Gasteiger partial charge in [-0.3, -0.25) is 0 Å². The minimum absolute atomic E-state index is 1.15. The Morgan fingerprint density at radius 2 is 2.13 bits per heavy atom. The molecule has 0 aromatic rings. The topological polar surface area (TPSA) is 26.0 Å². The van der Waals surface area contributed by atoms with Crippen molar-refractivity contribution in [1.82, 2.24) is 0 Å². The Morgan fingerprint density at radius 3 is 2.73 bits per heavy atom. The van der Waals surface area contributed by atoms with Crippen molar-refractivity contribution in [3.63, 3.8) is 0 Å². The Kier molecular flexibility index (Phi) is 5.23. The van der Waals surface area contributed by atoms with Gasteiger partial charge in [-0.2, -0.15) is 0 Å². The maximum Gasteiger partial charge on any atom is -0.00595 e. The molecule has 0 bridgehead atoms. The molecule has 0 saturated heterocycles. The predicted octanol–water partition coefficient (Wildman–Crippen LogP) is 4.08. The largest absolute Gasteiger partial charge is 0.405 e. The van der Waals surface area contributed by atoms with Gasteiger partial charge in [-0.05, 0) is 61.9 Å². The number of unbranched alkanes of at least 4 members (excludes halogenated alkanes) is 1. The lowest BCUT2D eigenvalue weighted by atomic mass is 9.86. The molecule has 0 unspecified atom stereocenters. The maximum absolute atomic E-state index is 5.51. The van der Waals surface area contributed by atoms with Gasteiger partial charge >= 0.3 is 0 Å². The Balaban J connectivity index is 2.80. The first-order valence-electron chi connectivity index (χ1n) is 6.08. The van der Waals surface area contributed by atoms with Crippen LogP contribution in [0.2, 0.25) is 0 Å². The second kappa shape index (κ2) is 6.49. The van der Waals surface area contributed by atoms with E-state index in [0.29, 0.717) is 0 Å². The van der Waals surface area contributed by atoms with E-state index in [9.17, 15) is 0 Å². The molecule has 1 aliphatic rings. The van der Waals surface area contributed by atoms with E-state index in [0.717, 1.165) is 6.42 Å². The average Bonchev–Trinajstić information content (AvgIpc) is 2.25. The molecule has 0 atom stereocenters. The molecule has 0 aromatic heterocycles. The first-order valence-corrected chi connectivity index (χ1v) is 6.08. The van der Waals surface area contributed by atoms with Crippen LogP contribution < -0.4 is 5.73 Å². The number of hydrogen-bond donors (Lipinski definition) is 1. The molecule has 0 amide bonds. The molecule has 0 spiro atoms. The highest BCUT2D eigenvalue weighted by Gasteiger charge is 2.12. The smallest absolute Gasteiger partial charge is 0.00595 e. The van der Waals surface area contributed by atoms with Crippen LogP contribution in [0, 0.1) is 0 Å². The lowest BCUT2D eigenvalue weighted by Crippen LogP contribution is -2.01. The van der Waals surface area contributed by atoms with E-state index in [-0.39, 0.29) is 0 Å². The van der Waals surface area contributed by atoms with Crippen LogP contribution in [0.15, 0.2) is 35.6 Å². The Hall–Kier alpha value is -0.980. The summed E-state index contributed by atoms with van der Waals surface area (Å²) >= 11 is 0. The van der Waals surface area contributed by atoms with E-state index in [1.54, 1.807) is 6.20 Å². The Morgan fingerprint density at radius 1 is 1.40 bits per heavy atom. The van der Waals surface area contributed by atoms with Crippen molar-refractivity contribution in [3.05, 3.63) is 35.6 Å². The molecule has 15 heavy (non-hydrogen) atoms. The van der Waals surface area contributed by atoms with Crippen molar-refractivity contribution in [2.45, 2.75) is 51.9 Å². The van der Waals surface area contributed by atoms with Crippen LogP contribution in [-0.4, -0.2) is 0 Å².